The Balaban J connectivity index is 1.90. The lowest BCUT2D eigenvalue weighted by molar-refractivity contribution is -0.120. The highest BCUT2D eigenvalue weighted by atomic mass is 19.1. The number of aromatic nitrogens is 1. The normalized spacial score (nSPS) is 18.1. The van der Waals surface area contributed by atoms with E-state index in [9.17, 15) is 23.9 Å². The summed E-state index contributed by atoms with van der Waals surface area (Å²) in [6, 6.07) is 3.69. The van der Waals surface area contributed by atoms with E-state index < -0.39 is 29.7 Å². The number of aryl methyl sites for hydroxylation is 1. The number of ether oxygens (including phenoxy) is 1. The van der Waals surface area contributed by atoms with Crippen LogP contribution in [0.5, 0.6) is 0 Å². The van der Waals surface area contributed by atoms with Crippen molar-refractivity contribution in [2.24, 2.45) is 0 Å². The van der Waals surface area contributed by atoms with Gasteiger partial charge in [-0.15, -0.1) is 0 Å². The van der Waals surface area contributed by atoms with E-state index in [0.717, 1.165) is 0 Å². The highest BCUT2D eigenvalue weighted by Crippen LogP contribution is 2.25. The molecular formula is C24H30FN3O5. The number of nitrogens with zero attached hydrogens (tertiary/aromatic N) is 1. The molecule has 1 fully saturated rings. The van der Waals surface area contributed by atoms with E-state index in [1.807, 2.05) is 6.92 Å². The van der Waals surface area contributed by atoms with Crippen molar-refractivity contribution in [3.05, 3.63) is 52.1 Å². The van der Waals surface area contributed by atoms with Gasteiger partial charge in [-0.05, 0) is 62.9 Å². The van der Waals surface area contributed by atoms with Crippen LogP contribution in [0, 0.1) is 26.6 Å². The van der Waals surface area contributed by atoms with Gasteiger partial charge < -0.3 is 25.0 Å². The number of hydrogen-bond acceptors (Lipinski definition) is 5. The molecule has 0 saturated carbocycles. The largest absolute Gasteiger partial charge is 0.389 e. The van der Waals surface area contributed by atoms with Crippen LogP contribution < -0.4 is 10.6 Å². The molecule has 0 spiro atoms. The molecule has 1 saturated heterocycles. The smallest absolute Gasteiger partial charge is 0.294 e. The van der Waals surface area contributed by atoms with Gasteiger partial charge in [0.15, 0.2) is 0 Å². The number of carbonyl (C=O) groups excluding carboxylic acids is 3. The van der Waals surface area contributed by atoms with E-state index in [2.05, 4.69) is 10.6 Å². The van der Waals surface area contributed by atoms with Crippen LogP contribution in [0.2, 0.25) is 0 Å². The lowest BCUT2D eigenvalue weighted by Gasteiger charge is -2.28. The third kappa shape index (κ3) is 5.15. The number of anilines is 1. The molecule has 3 rings (SSSR count). The summed E-state index contributed by atoms with van der Waals surface area (Å²) in [5, 5.41) is 15.4. The van der Waals surface area contributed by atoms with Crippen molar-refractivity contribution in [1.29, 1.82) is 0 Å². The van der Waals surface area contributed by atoms with Gasteiger partial charge in [-0.3, -0.25) is 14.4 Å². The Bertz CT molecular complexity index is 1080. The van der Waals surface area contributed by atoms with Crippen molar-refractivity contribution in [3.8, 4) is 0 Å². The molecule has 8 nitrogen and oxygen atoms in total. The maximum absolute atomic E-state index is 13.6. The first-order valence-electron chi connectivity index (χ1n) is 11.0. The third-order valence-electron chi connectivity index (χ3n) is 5.92. The Morgan fingerprint density at radius 2 is 1.97 bits per heavy atom. The van der Waals surface area contributed by atoms with E-state index in [-0.39, 0.29) is 18.1 Å². The Hall–Kier alpha value is -3.04. The minimum Gasteiger partial charge on any atom is -0.389 e. The summed E-state index contributed by atoms with van der Waals surface area (Å²) >= 11 is 0. The van der Waals surface area contributed by atoms with Crippen LogP contribution in [-0.4, -0.2) is 52.6 Å². The fraction of sp³-hybridized carbons (Fsp3) is 0.458. The maximum Gasteiger partial charge on any atom is 0.294 e. The topological polar surface area (TPSA) is 110 Å². The number of benzene rings is 1. The Morgan fingerprint density at radius 3 is 2.61 bits per heavy atom. The van der Waals surface area contributed by atoms with Crippen LogP contribution >= 0.6 is 0 Å². The van der Waals surface area contributed by atoms with Gasteiger partial charge in [-0.2, -0.15) is 0 Å². The number of nitrogens with one attached hydrogen (secondary N) is 2. The number of rotatable bonds is 7. The number of ketones is 1. The monoisotopic (exact) mass is 459 g/mol. The zero-order valence-corrected chi connectivity index (χ0v) is 19.3. The van der Waals surface area contributed by atoms with Crippen LogP contribution in [-0.2, 0) is 16.1 Å². The van der Waals surface area contributed by atoms with Gasteiger partial charge in [-0.25, -0.2) is 4.39 Å². The number of carbonyl (C=O) groups is 3. The molecule has 0 unspecified atom stereocenters. The summed E-state index contributed by atoms with van der Waals surface area (Å²) < 4.78 is 20.4. The second kappa shape index (κ2) is 10.3. The summed E-state index contributed by atoms with van der Waals surface area (Å²) in [6.07, 6.45) is 0.202. The fourth-order valence-electron chi connectivity index (χ4n) is 4.17. The number of Topliss-reactive ketones (excluding diaryl/α,β-unsaturated/α-hetero) is 1. The highest BCUT2D eigenvalue weighted by molar-refractivity contribution is 6.43. The first kappa shape index (κ1) is 24.6. The van der Waals surface area contributed by atoms with E-state index in [0.29, 0.717) is 54.1 Å². The summed E-state index contributed by atoms with van der Waals surface area (Å²) in [5.74, 6) is -2.41. The van der Waals surface area contributed by atoms with Crippen LogP contribution in [0.4, 0.5) is 10.1 Å². The van der Waals surface area contributed by atoms with Gasteiger partial charge in [0.1, 0.15) is 5.82 Å². The molecule has 178 valence electrons. The summed E-state index contributed by atoms with van der Waals surface area (Å²) in [4.78, 5) is 39.0. The molecule has 2 heterocycles. The summed E-state index contributed by atoms with van der Waals surface area (Å²) in [6.45, 7) is 7.82. The van der Waals surface area contributed by atoms with Gasteiger partial charge in [0.25, 0.3) is 17.6 Å². The van der Waals surface area contributed by atoms with E-state index >= 15 is 0 Å². The number of aliphatic hydroxyl groups is 1. The quantitative estimate of drug-likeness (QED) is 0.436. The predicted molar refractivity (Wildman–Crippen MR) is 121 cm³/mol. The number of aliphatic hydroxyl groups excluding tert-OH is 1. The molecule has 1 aromatic heterocycles. The molecule has 3 N–H and O–H groups in total. The van der Waals surface area contributed by atoms with Crippen LogP contribution in [0.1, 0.15) is 57.4 Å². The highest BCUT2D eigenvalue weighted by Gasteiger charge is 2.32. The van der Waals surface area contributed by atoms with Crippen molar-refractivity contribution < 1.29 is 28.6 Å². The van der Waals surface area contributed by atoms with E-state index in [4.69, 9.17) is 4.74 Å². The molecule has 9 heteroatoms. The minimum absolute atomic E-state index is 0.0939. The molecule has 1 aromatic carbocycles. The van der Waals surface area contributed by atoms with E-state index in [1.165, 1.54) is 18.2 Å². The average Bonchev–Trinajstić information content (AvgIpc) is 3.01. The summed E-state index contributed by atoms with van der Waals surface area (Å²) in [7, 11) is 0. The minimum atomic E-state index is -0.888. The van der Waals surface area contributed by atoms with Gasteiger partial charge in [-0.1, -0.05) is 6.92 Å². The van der Waals surface area contributed by atoms with Crippen LogP contribution in [0.25, 0.3) is 0 Å². The van der Waals surface area contributed by atoms with Crippen molar-refractivity contribution in [1.82, 2.24) is 9.88 Å². The van der Waals surface area contributed by atoms with E-state index in [1.54, 1.807) is 25.3 Å². The van der Waals surface area contributed by atoms with Crippen molar-refractivity contribution in [2.45, 2.75) is 59.2 Å². The van der Waals surface area contributed by atoms with Gasteiger partial charge in [0.2, 0.25) is 0 Å². The number of hydrogen-bond donors (Lipinski definition) is 3. The zero-order chi connectivity index (χ0) is 24.3. The first-order valence-corrected chi connectivity index (χ1v) is 11.0. The molecule has 2 atom stereocenters. The third-order valence-corrected chi connectivity index (χ3v) is 5.92. The second-order valence-electron chi connectivity index (χ2n) is 8.34. The second-order valence-corrected chi connectivity index (χ2v) is 8.34. The molecule has 0 bridgehead atoms. The molecule has 1 aliphatic heterocycles. The zero-order valence-electron chi connectivity index (χ0n) is 19.3. The van der Waals surface area contributed by atoms with Crippen molar-refractivity contribution >= 4 is 23.3 Å². The molecule has 0 radical (unpaired) electrons. The van der Waals surface area contributed by atoms with Gasteiger partial charge in [0, 0.05) is 24.5 Å². The Morgan fingerprint density at radius 1 is 1.24 bits per heavy atom. The van der Waals surface area contributed by atoms with Gasteiger partial charge in [0.05, 0.1) is 30.0 Å². The number of amides is 2. The Labute approximate surface area is 192 Å². The van der Waals surface area contributed by atoms with Crippen LogP contribution in [0.3, 0.4) is 0 Å². The average molecular weight is 460 g/mol. The standard InChI is InChI=1S/C24H30FN3O5/c1-5-9-28-15(4)20(23(31)26-16-6-7-17(25)13(2)11-16)14(3)21(28)22(30)24(32)27-18-8-10-33-12-19(18)29/h6-7,11,18-19,29H,5,8-10,12H2,1-4H3,(H,26,31)(H,27,32)/t18-,19-/m1/s1. The molecule has 0 aliphatic carbocycles. The van der Waals surface area contributed by atoms with Crippen molar-refractivity contribution in [2.75, 3.05) is 18.5 Å². The van der Waals surface area contributed by atoms with Crippen molar-refractivity contribution in [3.63, 3.8) is 0 Å². The SMILES string of the molecule is CCCn1c(C)c(C(=O)Nc2ccc(F)c(C)c2)c(C)c1C(=O)C(=O)N[C@@H]1CCOC[C@H]1O. The molecule has 33 heavy (non-hydrogen) atoms. The first-order chi connectivity index (χ1) is 15.6. The summed E-state index contributed by atoms with van der Waals surface area (Å²) in [5.41, 5.74) is 2.23. The van der Waals surface area contributed by atoms with Gasteiger partial charge >= 0.3 is 0 Å². The lowest BCUT2D eigenvalue weighted by atomic mass is 10.0. The molecule has 2 amide bonds. The molecule has 1 aliphatic rings. The lowest BCUT2D eigenvalue weighted by Crippen LogP contribution is -2.50. The predicted octanol–water partition coefficient (Wildman–Crippen LogP) is 2.66. The molecular weight excluding hydrogens is 429 g/mol. The fourth-order valence-corrected chi connectivity index (χ4v) is 4.17. The number of halogens is 1. The van der Waals surface area contributed by atoms with Crippen LogP contribution in [0.15, 0.2) is 18.2 Å². The molecule has 2 aromatic rings. The maximum atomic E-state index is 13.6. The Kier molecular flexibility index (Phi) is 7.65.